The molecule has 1 aliphatic carbocycles. The zero-order valence-corrected chi connectivity index (χ0v) is 10.4. The van der Waals surface area contributed by atoms with Crippen LogP contribution in [-0.2, 0) is 0 Å². The number of aliphatic hydroxyl groups excluding tert-OH is 1. The van der Waals surface area contributed by atoms with E-state index >= 15 is 0 Å². The smallest absolute Gasteiger partial charge is 0.319 e. The van der Waals surface area contributed by atoms with Gasteiger partial charge in [-0.25, -0.2) is 4.79 Å². The monoisotopic (exact) mass is 248 g/mol. The summed E-state index contributed by atoms with van der Waals surface area (Å²) in [6.45, 7) is 0.542. The van der Waals surface area contributed by atoms with E-state index in [0.29, 0.717) is 6.54 Å². The summed E-state index contributed by atoms with van der Waals surface area (Å²) in [7, 11) is 0. The molecule has 98 valence electrons. The van der Waals surface area contributed by atoms with Gasteiger partial charge < -0.3 is 15.7 Å². The number of benzene rings is 1. The maximum Gasteiger partial charge on any atom is 0.319 e. The van der Waals surface area contributed by atoms with E-state index in [2.05, 4.69) is 10.6 Å². The molecule has 1 fully saturated rings. The number of rotatable bonds is 3. The van der Waals surface area contributed by atoms with E-state index < -0.39 is 0 Å². The van der Waals surface area contributed by atoms with Gasteiger partial charge in [0.2, 0.25) is 0 Å². The lowest BCUT2D eigenvalue weighted by Crippen LogP contribution is -2.38. The van der Waals surface area contributed by atoms with Gasteiger partial charge >= 0.3 is 6.03 Å². The Kier molecular flexibility index (Phi) is 4.59. The van der Waals surface area contributed by atoms with Crippen LogP contribution < -0.4 is 10.6 Å². The molecule has 2 unspecified atom stereocenters. The molecule has 0 aliphatic heterocycles. The van der Waals surface area contributed by atoms with Gasteiger partial charge in [-0.15, -0.1) is 0 Å². The molecule has 1 aliphatic rings. The van der Waals surface area contributed by atoms with Gasteiger partial charge in [-0.1, -0.05) is 31.0 Å². The number of nitrogens with one attached hydrogen (secondary N) is 2. The molecule has 4 heteroatoms. The number of urea groups is 1. The lowest BCUT2D eigenvalue weighted by Gasteiger charge is -2.27. The standard InChI is InChI=1S/C14H20N2O2/c17-13-9-5-4-6-11(13)10-15-14(18)16-12-7-2-1-3-8-12/h1-3,7-8,11,13,17H,4-6,9-10H2,(H2,15,16,18). The van der Waals surface area contributed by atoms with Crippen LogP contribution in [0.4, 0.5) is 10.5 Å². The molecule has 2 amide bonds. The molecular weight excluding hydrogens is 228 g/mol. The summed E-state index contributed by atoms with van der Waals surface area (Å²) in [5.41, 5.74) is 0.777. The molecular formula is C14H20N2O2. The predicted octanol–water partition coefficient (Wildman–Crippen LogP) is 2.36. The van der Waals surface area contributed by atoms with Crippen molar-refractivity contribution in [3.8, 4) is 0 Å². The molecule has 1 aromatic rings. The van der Waals surface area contributed by atoms with Crippen molar-refractivity contribution in [3.63, 3.8) is 0 Å². The van der Waals surface area contributed by atoms with Gasteiger partial charge in [0.25, 0.3) is 0 Å². The zero-order valence-electron chi connectivity index (χ0n) is 10.4. The minimum Gasteiger partial charge on any atom is -0.393 e. The summed E-state index contributed by atoms with van der Waals surface area (Å²) >= 11 is 0. The van der Waals surface area contributed by atoms with E-state index in [1.165, 1.54) is 0 Å². The molecule has 1 saturated carbocycles. The molecule has 0 radical (unpaired) electrons. The third-order valence-corrected chi connectivity index (χ3v) is 3.43. The average molecular weight is 248 g/mol. The number of aliphatic hydroxyl groups is 1. The van der Waals surface area contributed by atoms with Crippen molar-refractivity contribution in [3.05, 3.63) is 30.3 Å². The van der Waals surface area contributed by atoms with Crippen molar-refractivity contribution < 1.29 is 9.90 Å². The van der Waals surface area contributed by atoms with Crippen LogP contribution >= 0.6 is 0 Å². The van der Waals surface area contributed by atoms with Crippen LogP contribution in [-0.4, -0.2) is 23.8 Å². The summed E-state index contributed by atoms with van der Waals surface area (Å²) in [4.78, 5) is 11.7. The molecule has 2 atom stereocenters. The van der Waals surface area contributed by atoms with Crippen LogP contribution in [0.3, 0.4) is 0 Å². The maximum absolute atomic E-state index is 11.7. The summed E-state index contributed by atoms with van der Waals surface area (Å²) in [6, 6.07) is 9.13. The fourth-order valence-electron chi connectivity index (χ4n) is 2.35. The average Bonchev–Trinajstić information content (AvgIpc) is 2.39. The van der Waals surface area contributed by atoms with Crippen LogP contribution in [0.25, 0.3) is 0 Å². The Bertz CT molecular complexity index is 381. The third-order valence-electron chi connectivity index (χ3n) is 3.43. The maximum atomic E-state index is 11.7. The molecule has 0 saturated heterocycles. The molecule has 3 N–H and O–H groups in total. The van der Waals surface area contributed by atoms with Gasteiger partial charge in [0.05, 0.1) is 6.10 Å². The Morgan fingerprint density at radius 2 is 1.94 bits per heavy atom. The highest BCUT2D eigenvalue weighted by Gasteiger charge is 2.23. The minimum atomic E-state index is -0.268. The first kappa shape index (κ1) is 12.9. The molecule has 2 rings (SSSR count). The highest BCUT2D eigenvalue weighted by Crippen LogP contribution is 2.23. The van der Waals surface area contributed by atoms with Crippen LogP contribution in [0.5, 0.6) is 0 Å². The molecule has 0 heterocycles. The summed E-state index contributed by atoms with van der Waals surface area (Å²) in [5.74, 6) is 0.195. The molecule has 18 heavy (non-hydrogen) atoms. The van der Waals surface area contributed by atoms with Gasteiger partial charge in [-0.05, 0) is 25.0 Å². The van der Waals surface area contributed by atoms with Gasteiger partial charge in [-0.3, -0.25) is 0 Å². The zero-order chi connectivity index (χ0) is 12.8. The van der Waals surface area contributed by atoms with Crippen molar-refractivity contribution in [1.29, 1.82) is 0 Å². The van der Waals surface area contributed by atoms with Crippen LogP contribution in [0.2, 0.25) is 0 Å². The normalized spacial score (nSPS) is 23.4. The quantitative estimate of drug-likeness (QED) is 0.769. The Hall–Kier alpha value is -1.55. The SMILES string of the molecule is O=C(NCC1CCCCC1O)Nc1ccccc1. The lowest BCUT2D eigenvalue weighted by molar-refractivity contribution is 0.0712. The second-order valence-electron chi connectivity index (χ2n) is 4.81. The fraction of sp³-hybridized carbons (Fsp3) is 0.500. The first-order valence-electron chi connectivity index (χ1n) is 6.53. The number of carbonyl (C=O) groups is 1. The Labute approximate surface area is 107 Å². The number of hydrogen-bond acceptors (Lipinski definition) is 2. The van der Waals surface area contributed by atoms with E-state index in [1.807, 2.05) is 30.3 Å². The van der Waals surface area contributed by atoms with Crippen LogP contribution in [0.1, 0.15) is 25.7 Å². The molecule has 1 aromatic carbocycles. The van der Waals surface area contributed by atoms with Crippen molar-refractivity contribution in [2.24, 2.45) is 5.92 Å². The highest BCUT2D eigenvalue weighted by atomic mass is 16.3. The lowest BCUT2D eigenvalue weighted by atomic mass is 9.86. The number of carbonyl (C=O) groups excluding carboxylic acids is 1. The Morgan fingerprint density at radius 1 is 1.22 bits per heavy atom. The molecule has 0 bridgehead atoms. The van der Waals surface area contributed by atoms with Gasteiger partial charge in [0, 0.05) is 18.2 Å². The number of para-hydroxylation sites is 1. The Morgan fingerprint density at radius 3 is 2.67 bits per heavy atom. The highest BCUT2D eigenvalue weighted by molar-refractivity contribution is 5.89. The summed E-state index contributed by atoms with van der Waals surface area (Å²) in [6.07, 6.45) is 3.81. The number of anilines is 1. The van der Waals surface area contributed by atoms with E-state index in [-0.39, 0.29) is 18.1 Å². The van der Waals surface area contributed by atoms with E-state index in [4.69, 9.17) is 0 Å². The summed E-state index contributed by atoms with van der Waals surface area (Å²) in [5, 5.41) is 15.4. The van der Waals surface area contributed by atoms with Crippen LogP contribution in [0.15, 0.2) is 30.3 Å². The first-order chi connectivity index (χ1) is 8.75. The number of amides is 2. The third kappa shape index (κ3) is 3.74. The predicted molar refractivity (Wildman–Crippen MR) is 71.4 cm³/mol. The van der Waals surface area contributed by atoms with Gasteiger partial charge in [-0.2, -0.15) is 0 Å². The van der Waals surface area contributed by atoms with E-state index in [0.717, 1.165) is 31.4 Å². The summed E-state index contributed by atoms with van der Waals surface area (Å²) < 4.78 is 0. The van der Waals surface area contributed by atoms with Gasteiger partial charge in [0.15, 0.2) is 0 Å². The largest absolute Gasteiger partial charge is 0.393 e. The van der Waals surface area contributed by atoms with Crippen LogP contribution in [0, 0.1) is 5.92 Å². The van der Waals surface area contributed by atoms with E-state index in [9.17, 15) is 9.90 Å². The Balaban J connectivity index is 1.74. The fourth-order valence-corrected chi connectivity index (χ4v) is 2.35. The first-order valence-corrected chi connectivity index (χ1v) is 6.53. The van der Waals surface area contributed by atoms with Crippen molar-refractivity contribution in [2.45, 2.75) is 31.8 Å². The van der Waals surface area contributed by atoms with Crippen molar-refractivity contribution >= 4 is 11.7 Å². The van der Waals surface area contributed by atoms with Gasteiger partial charge in [0.1, 0.15) is 0 Å². The minimum absolute atomic E-state index is 0.195. The second-order valence-corrected chi connectivity index (χ2v) is 4.81. The second kappa shape index (κ2) is 6.40. The van der Waals surface area contributed by atoms with E-state index in [1.54, 1.807) is 0 Å². The molecule has 0 spiro atoms. The van der Waals surface area contributed by atoms with Crippen molar-refractivity contribution in [1.82, 2.24) is 5.32 Å². The number of hydrogen-bond donors (Lipinski definition) is 3. The molecule has 0 aromatic heterocycles. The molecule has 4 nitrogen and oxygen atoms in total. The topological polar surface area (TPSA) is 61.4 Å². The van der Waals surface area contributed by atoms with Crippen molar-refractivity contribution in [2.75, 3.05) is 11.9 Å².